The number of nitrogens with zero attached hydrogens (tertiary/aromatic N) is 1. The highest BCUT2D eigenvalue weighted by atomic mass is 19.1. The Bertz CT molecular complexity index is 794. The van der Waals surface area contributed by atoms with E-state index in [1.165, 1.54) is 63.5 Å². The minimum absolute atomic E-state index is 0.302. The third-order valence-electron chi connectivity index (χ3n) is 5.81. The van der Waals surface area contributed by atoms with Gasteiger partial charge >= 0.3 is 0 Å². The van der Waals surface area contributed by atoms with Crippen LogP contribution < -0.4 is 5.73 Å². The number of benzene rings is 1. The van der Waals surface area contributed by atoms with Crippen LogP contribution in [0.4, 0.5) is 4.39 Å². The van der Waals surface area contributed by atoms with Gasteiger partial charge in [0.2, 0.25) is 0 Å². The van der Waals surface area contributed by atoms with Crippen LogP contribution in [-0.4, -0.2) is 10.5 Å². The lowest BCUT2D eigenvalue weighted by Crippen LogP contribution is -2.13. The molecule has 0 spiro atoms. The molecule has 2 N–H and O–H groups in total. The largest absolute Gasteiger partial charge is 0.366 e. The molecule has 4 heteroatoms. The van der Waals surface area contributed by atoms with E-state index in [2.05, 4.69) is 18.4 Å². The van der Waals surface area contributed by atoms with E-state index in [-0.39, 0.29) is 5.82 Å². The van der Waals surface area contributed by atoms with Gasteiger partial charge in [-0.05, 0) is 37.5 Å². The number of carbonyl (C=O) groups excluding carboxylic acids is 1. The Kier molecular flexibility index (Phi) is 9.43. The zero-order chi connectivity index (χ0) is 21.2. The van der Waals surface area contributed by atoms with Crippen LogP contribution in [0.15, 0.2) is 24.3 Å². The third kappa shape index (κ3) is 6.19. The Hall–Kier alpha value is -2.10. The number of rotatable bonds is 13. The van der Waals surface area contributed by atoms with Gasteiger partial charge in [-0.3, -0.25) is 4.79 Å². The number of primary amides is 1. The zero-order valence-electron chi connectivity index (χ0n) is 18.4. The summed E-state index contributed by atoms with van der Waals surface area (Å²) in [6.07, 6.45) is 12.3. The van der Waals surface area contributed by atoms with Gasteiger partial charge in [0.1, 0.15) is 5.82 Å². The summed E-state index contributed by atoms with van der Waals surface area (Å²) in [5.74, 6) is -0.744. The van der Waals surface area contributed by atoms with Gasteiger partial charge in [0.25, 0.3) is 5.91 Å². The highest BCUT2D eigenvalue weighted by Gasteiger charge is 2.23. The summed E-state index contributed by atoms with van der Waals surface area (Å²) in [6.45, 7) is 7.16. The fourth-order valence-corrected chi connectivity index (χ4v) is 4.30. The monoisotopic (exact) mass is 400 g/mol. The fourth-order valence-electron chi connectivity index (χ4n) is 4.30. The number of nitrogens with two attached hydrogens (primary N) is 1. The average Bonchev–Trinajstić information content (AvgIpc) is 2.98. The van der Waals surface area contributed by atoms with E-state index in [9.17, 15) is 9.18 Å². The van der Waals surface area contributed by atoms with Crippen molar-refractivity contribution in [2.45, 2.75) is 91.5 Å². The molecule has 0 atom stereocenters. The topological polar surface area (TPSA) is 48.0 Å². The van der Waals surface area contributed by atoms with Crippen molar-refractivity contribution in [1.82, 2.24) is 4.57 Å². The molecule has 2 aromatic rings. The van der Waals surface area contributed by atoms with Crippen molar-refractivity contribution in [3.63, 3.8) is 0 Å². The summed E-state index contributed by atoms with van der Waals surface area (Å²) < 4.78 is 16.0. The zero-order valence-corrected chi connectivity index (χ0v) is 18.4. The molecule has 160 valence electrons. The summed E-state index contributed by atoms with van der Waals surface area (Å²) in [7, 11) is 0. The van der Waals surface area contributed by atoms with Crippen LogP contribution in [-0.2, 0) is 13.0 Å². The molecule has 0 radical (unpaired) electrons. The van der Waals surface area contributed by atoms with Crippen molar-refractivity contribution >= 4 is 5.91 Å². The Morgan fingerprint density at radius 3 is 2.17 bits per heavy atom. The van der Waals surface area contributed by atoms with Crippen molar-refractivity contribution in [2.75, 3.05) is 0 Å². The van der Waals surface area contributed by atoms with Gasteiger partial charge in [0.15, 0.2) is 0 Å². The van der Waals surface area contributed by atoms with Gasteiger partial charge < -0.3 is 10.3 Å². The molecule has 0 aliphatic carbocycles. The molecule has 0 unspecified atom stereocenters. The van der Waals surface area contributed by atoms with Crippen molar-refractivity contribution < 1.29 is 9.18 Å². The number of halogens is 1. The van der Waals surface area contributed by atoms with E-state index >= 15 is 0 Å². The van der Waals surface area contributed by atoms with Crippen molar-refractivity contribution in [1.29, 1.82) is 0 Å². The van der Waals surface area contributed by atoms with Gasteiger partial charge in [-0.1, -0.05) is 77.3 Å². The van der Waals surface area contributed by atoms with E-state index < -0.39 is 5.91 Å². The molecule has 0 saturated carbocycles. The van der Waals surface area contributed by atoms with Crippen molar-refractivity contribution in [3.05, 3.63) is 47.0 Å². The van der Waals surface area contributed by atoms with Crippen LogP contribution in [0.3, 0.4) is 0 Å². The average molecular weight is 401 g/mol. The Labute approximate surface area is 175 Å². The predicted molar refractivity (Wildman–Crippen MR) is 120 cm³/mol. The highest BCUT2D eigenvalue weighted by Crippen LogP contribution is 2.34. The fraction of sp³-hybridized carbons (Fsp3) is 0.560. The third-order valence-corrected chi connectivity index (χ3v) is 5.81. The summed E-state index contributed by atoms with van der Waals surface area (Å²) in [6, 6.07) is 6.45. The molecule has 0 aliphatic heterocycles. The second-order valence-electron chi connectivity index (χ2n) is 7.99. The molecule has 1 aromatic heterocycles. The Morgan fingerprint density at radius 2 is 1.62 bits per heavy atom. The smallest absolute Gasteiger partial charge is 0.251 e. The van der Waals surface area contributed by atoms with Gasteiger partial charge in [-0.15, -0.1) is 0 Å². The number of aromatic nitrogens is 1. The molecule has 0 fully saturated rings. The SMILES string of the molecule is CCCCCCCCCCCn1c(C)c(C(N)=O)c(-c2cccc(F)c2)c1CC. The first kappa shape index (κ1) is 23.2. The number of hydrogen-bond acceptors (Lipinski definition) is 1. The maximum atomic E-state index is 13.8. The summed E-state index contributed by atoms with van der Waals surface area (Å²) in [4.78, 5) is 12.2. The van der Waals surface area contributed by atoms with Gasteiger partial charge in [-0.2, -0.15) is 0 Å². The minimum Gasteiger partial charge on any atom is -0.366 e. The van der Waals surface area contributed by atoms with Gasteiger partial charge in [0, 0.05) is 23.5 Å². The Balaban J connectivity index is 2.09. The molecule has 2 rings (SSSR count). The van der Waals surface area contributed by atoms with Gasteiger partial charge in [0.05, 0.1) is 5.56 Å². The van der Waals surface area contributed by atoms with Crippen LogP contribution >= 0.6 is 0 Å². The van der Waals surface area contributed by atoms with Crippen LogP contribution in [0.1, 0.15) is 93.4 Å². The lowest BCUT2D eigenvalue weighted by molar-refractivity contribution is 0.1000. The molecule has 1 aromatic carbocycles. The quantitative estimate of drug-likeness (QED) is 0.369. The summed E-state index contributed by atoms with van der Waals surface area (Å²) >= 11 is 0. The van der Waals surface area contributed by atoms with Gasteiger partial charge in [-0.25, -0.2) is 4.39 Å². The predicted octanol–water partition coefficient (Wildman–Crippen LogP) is 6.79. The molecule has 1 amide bonds. The maximum absolute atomic E-state index is 13.8. The van der Waals surface area contributed by atoms with Crippen LogP contribution in [0.25, 0.3) is 11.1 Å². The molecular weight excluding hydrogens is 363 g/mol. The minimum atomic E-state index is -0.442. The maximum Gasteiger partial charge on any atom is 0.251 e. The number of hydrogen-bond donors (Lipinski definition) is 1. The number of amides is 1. The van der Waals surface area contributed by atoms with Crippen molar-refractivity contribution in [2.24, 2.45) is 5.73 Å². The summed E-state index contributed by atoms with van der Waals surface area (Å²) in [5.41, 5.74) is 9.75. The highest BCUT2D eigenvalue weighted by molar-refractivity contribution is 6.02. The van der Waals surface area contributed by atoms with Crippen molar-refractivity contribution in [3.8, 4) is 11.1 Å². The first-order chi connectivity index (χ1) is 14.0. The first-order valence-corrected chi connectivity index (χ1v) is 11.3. The number of carbonyl (C=O) groups is 1. The molecule has 1 heterocycles. The van der Waals surface area contributed by atoms with E-state index in [0.717, 1.165) is 41.9 Å². The van der Waals surface area contributed by atoms with E-state index in [0.29, 0.717) is 5.56 Å². The standard InChI is InChI=1S/C25H37FN2O/c1-4-6-7-8-9-10-11-12-13-17-28-19(3)23(25(27)29)24(22(28)5-2)20-15-14-16-21(26)18-20/h14-16,18H,4-13,17H2,1-3H3,(H2,27,29). The molecule has 0 saturated heterocycles. The first-order valence-electron chi connectivity index (χ1n) is 11.3. The lowest BCUT2D eigenvalue weighted by atomic mass is 9.98. The molecular formula is C25H37FN2O. The van der Waals surface area contributed by atoms with Crippen LogP contribution in [0.5, 0.6) is 0 Å². The molecule has 0 aliphatic rings. The Morgan fingerprint density at radius 1 is 1.00 bits per heavy atom. The van der Waals surface area contributed by atoms with Crippen LogP contribution in [0, 0.1) is 12.7 Å². The second kappa shape index (κ2) is 11.8. The second-order valence-corrected chi connectivity index (χ2v) is 7.99. The molecule has 29 heavy (non-hydrogen) atoms. The number of unbranched alkanes of at least 4 members (excludes halogenated alkanes) is 8. The lowest BCUT2D eigenvalue weighted by Gasteiger charge is -2.12. The van der Waals surface area contributed by atoms with Crippen LogP contribution in [0.2, 0.25) is 0 Å². The molecule has 0 bridgehead atoms. The summed E-state index contributed by atoms with van der Waals surface area (Å²) in [5, 5.41) is 0. The van der Waals surface area contributed by atoms with E-state index in [1.807, 2.05) is 13.0 Å². The normalized spacial score (nSPS) is 11.2. The molecule has 3 nitrogen and oxygen atoms in total. The van der Waals surface area contributed by atoms with E-state index in [4.69, 9.17) is 5.73 Å². The van der Waals surface area contributed by atoms with E-state index in [1.54, 1.807) is 6.07 Å².